The van der Waals surface area contributed by atoms with Crippen LogP contribution in [0.2, 0.25) is 0 Å². The monoisotopic (exact) mass is 238 g/mol. The predicted octanol–water partition coefficient (Wildman–Crippen LogP) is 2.66. The molecule has 3 heteroatoms. The van der Waals surface area contributed by atoms with Gasteiger partial charge in [0.15, 0.2) is 0 Å². The summed E-state index contributed by atoms with van der Waals surface area (Å²) in [5.41, 5.74) is 3.71. The van der Waals surface area contributed by atoms with E-state index in [0.717, 1.165) is 23.4 Å². The maximum atomic E-state index is 8.94. The van der Waals surface area contributed by atoms with E-state index in [2.05, 4.69) is 11.4 Å². The van der Waals surface area contributed by atoms with E-state index in [0.29, 0.717) is 5.56 Å². The van der Waals surface area contributed by atoms with E-state index in [1.54, 1.807) is 12.1 Å². The Kier molecular flexibility index (Phi) is 3.95. The third-order valence-electron chi connectivity index (χ3n) is 2.72. The average molecular weight is 238 g/mol. The first kappa shape index (κ1) is 12.2. The molecule has 0 aliphatic carbocycles. The van der Waals surface area contributed by atoms with Crippen molar-refractivity contribution in [1.29, 1.82) is 5.26 Å². The van der Waals surface area contributed by atoms with Crippen LogP contribution < -0.4 is 5.32 Å². The molecule has 2 aromatic rings. The molecule has 0 amide bonds. The molecule has 2 aromatic carbocycles. The molecule has 0 bridgehead atoms. The third kappa shape index (κ3) is 3.09. The Balaban J connectivity index is 1.95. The van der Waals surface area contributed by atoms with Crippen LogP contribution in [-0.4, -0.2) is 5.11 Å². The van der Waals surface area contributed by atoms with Gasteiger partial charge in [0.05, 0.1) is 18.2 Å². The molecule has 0 saturated carbocycles. The first-order valence-corrected chi connectivity index (χ1v) is 5.74. The Hall–Kier alpha value is -2.31. The molecule has 0 saturated heterocycles. The molecule has 2 N–H and O–H groups in total. The van der Waals surface area contributed by atoms with Gasteiger partial charge in [-0.1, -0.05) is 24.3 Å². The van der Waals surface area contributed by atoms with E-state index in [-0.39, 0.29) is 6.61 Å². The van der Waals surface area contributed by atoms with Gasteiger partial charge in [-0.2, -0.15) is 5.26 Å². The normalized spacial score (nSPS) is 9.78. The third-order valence-corrected chi connectivity index (χ3v) is 2.72. The highest BCUT2D eigenvalue weighted by atomic mass is 16.3. The molecule has 0 aromatic heterocycles. The molecule has 0 unspecified atom stereocenters. The number of hydrogen-bond acceptors (Lipinski definition) is 3. The van der Waals surface area contributed by atoms with E-state index < -0.39 is 0 Å². The molecule has 0 spiro atoms. The molecule has 18 heavy (non-hydrogen) atoms. The van der Waals surface area contributed by atoms with Gasteiger partial charge in [0, 0.05) is 12.2 Å². The second kappa shape index (κ2) is 5.85. The van der Waals surface area contributed by atoms with Crippen molar-refractivity contribution >= 4 is 5.69 Å². The van der Waals surface area contributed by atoms with Crippen LogP contribution in [0.3, 0.4) is 0 Å². The van der Waals surface area contributed by atoms with Crippen LogP contribution in [0.15, 0.2) is 48.5 Å². The van der Waals surface area contributed by atoms with Gasteiger partial charge < -0.3 is 10.4 Å². The fourth-order valence-electron chi connectivity index (χ4n) is 1.63. The Morgan fingerprint density at radius 2 is 1.56 bits per heavy atom. The topological polar surface area (TPSA) is 56.0 Å². The highest BCUT2D eigenvalue weighted by Crippen LogP contribution is 2.11. The van der Waals surface area contributed by atoms with E-state index in [9.17, 15) is 0 Å². The van der Waals surface area contributed by atoms with Crippen molar-refractivity contribution in [1.82, 2.24) is 0 Å². The maximum Gasteiger partial charge on any atom is 0.0991 e. The number of nitrogens with zero attached hydrogens (tertiary/aromatic N) is 1. The van der Waals surface area contributed by atoms with Gasteiger partial charge in [0.2, 0.25) is 0 Å². The zero-order chi connectivity index (χ0) is 12.8. The zero-order valence-corrected chi connectivity index (χ0v) is 9.93. The number of benzene rings is 2. The highest BCUT2D eigenvalue weighted by Gasteiger charge is 1.96. The minimum Gasteiger partial charge on any atom is -0.392 e. The molecule has 90 valence electrons. The molecule has 2 rings (SSSR count). The molecule has 0 heterocycles. The molecular weight excluding hydrogens is 224 g/mol. The summed E-state index contributed by atoms with van der Waals surface area (Å²) in [7, 11) is 0. The number of rotatable bonds is 4. The summed E-state index contributed by atoms with van der Waals surface area (Å²) in [6.45, 7) is 0.793. The maximum absolute atomic E-state index is 8.94. The predicted molar refractivity (Wildman–Crippen MR) is 70.8 cm³/mol. The van der Waals surface area contributed by atoms with E-state index in [1.807, 2.05) is 36.4 Å². The van der Waals surface area contributed by atoms with E-state index in [1.165, 1.54) is 0 Å². The van der Waals surface area contributed by atoms with Gasteiger partial charge >= 0.3 is 0 Å². The van der Waals surface area contributed by atoms with Crippen LogP contribution in [0.4, 0.5) is 5.69 Å². The number of anilines is 1. The lowest BCUT2D eigenvalue weighted by atomic mass is 10.1. The lowest BCUT2D eigenvalue weighted by molar-refractivity contribution is 0.282. The van der Waals surface area contributed by atoms with E-state index >= 15 is 0 Å². The standard InChI is InChI=1S/C15H14N2O/c16-9-12-5-7-15(8-6-12)17-10-13-1-3-14(11-18)4-2-13/h1-8,17-18H,10-11H2. The van der Waals surface area contributed by atoms with Gasteiger partial charge in [0.1, 0.15) is 0 Å². The lowest BCUT2D eigenvalue weighted by Gasteiger charge is -2.07. The van der Waals surface area contributed by atoms with Gasteiger partial charge in [0.25, 0.3) is 0 Å². The minimum atomic E-state index is 0.0727. The van der Waals surface area contributed by atoms with Crippen molar-refractivity contribution in [2.24, 2.45) is 0 Å². The average Bonchev–Trinajstić information content (AvgIpc) is 2.46. The molecule has 0 aliphatic heterocycles. The van der Waals surface area contributed by atoms with Crippen molar-refractivity contribution in [3.05, 3.63) is 65.2 Å². The fraction of sp³-hybridized carbons (Fsp3) is 0.133. The largest absolute Gasteiger partial charge is 0.392 e. The van der Waals surface area contributed by atoms with Gasteiger partial charge in [-0.3, -0.25) is 0 Å². The van der Waals surface area contributed by atoms with Crippen LogP contribution in [-0.2, 0) is 13.2 Å². The van der Waals surface area contributed by atoms with Gasteiger partial charge in [-0.05, 0) is 35.4 Å². The number of nitriles is 1. The number of nitrogens with one attached hydrogen (secondary N) is 1. The smallest absolute Gasteiger partial charge is 0.0991 e. The summed E-state index contributed by atoms with van der Waals surface area (Å²) in [6, 6.07) is 17.2. The SMILES string of the molecule is N#Cc1ccc(NCc2ccc(CO)cc2)cc1. The second-order valence-electron chi connectivity index (χ2n) is 4.02. The van der Waals surface area contributed by atoms with Crippen LogP contribution in [0.1, 0.15) is 16.7 Å². The molecule has 0 aliphatic rings. The summed E-state index contributed by atoms with van der Waals surface area (Å²) in [5, 5.41) is 20.9. The Bertz CT molecular complexity index is 538. The van der Waals surface area contributed by atoms with Crippen LogP contribution in [0, 0.1) is 11.3 Å². The first-order valence-electron chi connectivity index (χ1n) is 5.74. The Morgan fingerprint density at radius 1 is 0.944 bits per heavy atom. The van der Waals surface area contributed by atoms with Crippen molar-refractivity contribution < 1.29 is 5.11 Å². The van der Waals surface area contributed by atoms with Gasteiger partial charge in [-0.25, -0.2) is 0 Å². The van der Waals surface area contributed by atoms with Crippen molar-refractivity contribution in [2.45, 2.75) is 13.2 Å². The fourth-order valence-corrected chi connectivity index (χ4v) is 1.63. The molecule has 3 nitrogen and oxygen atoms in total. The van der Waals surface area contributed by atoms with E-state index in [4.69, 9.17) is 10.4 Å². The summed E-state index contributed by atoms with van der Waals surface area (Å²) in [5.74, 6) is 0. The summed E-state index contributed by atoms with van der Waals surface area (Å²) in [6.07, 6.45) is 0. The van der Waals surface area contributed by atoms with Crippen LogP contribution >= 0.6 is 0 Å². The first-order chi connectivity index (χ1) is 8.81. The quantitative estimate of drug-likeness (QED) is 0.861. The molecule has 0 atom stereocenters. The highest BCUT2D eigenvalue weighted by molar-refractivity contribution is 5.47. The Labute approximate surface area is 106 Å². The van der Waals surface area contributed by atoms with Crippen LogP contribution in [0.5, 0.6) is 0 Å². The minimum absolute atomic E-state index is 0.0727. The molecular formula is C15H14N2O. The van der Waals surface area contributed by atoms with Crippen molar-refractivity contribution in [3.8, 4) is 6.07 Å². The Morgan fingerprint density at radius 3 is 2.11 bits per heavy atom. The summed E-state index contributed by atoms with van der Waals surface area (Å²) < 4.78 is 0. The van der Waals surface area contributed by atoms with Gasteiger partial charge in [-0.15, -0.1) is 0 Å². The molecule has 0 fully saturated rings. The van der Waals surface area contributed by atoms with Crippen molar-refractivity contribution in [2.75, 3.05) is 5.32 Å². The van der Waals surface area contributed by atoms with Crippen LogP contribution in [0.25, 0.3) is 0 Å². The second-order valence-corrected chi connectivity index (χ2v) is 4.02. The van der Waals surface area contributed by atoms with Crippen molar-refractivity contribution in [3.63, 3.8) is 0 Å². The number of aliphatic hydroxyl groups excluding tert-OH is 1. The summed E-state index contributed by atoms with van der Waals surface area (Å²) in [4.78, 5) is 0. The number of hydrogen-bond donors (Lipinski definition) is 2. The zero-order valence-electron chi connectivity index (χ0n) is 9.93. The summed E-state index contributed by atoms with van der Waals surface area (Å²) >= 11 is 0. The lowest BCUT2D eigenvalue weighted by Crippen LogP contribution is -1.99. The molecule has 0 radical (unpaired) electrons. The number of aliphatic hydroxyl groups is 1.